The summed E-state index contributed by atoms with van der Waals surface area (Å²) in [7, 11) is 0. The summed E-state index contributed by atoms with van der Waals surface area (Å²) in [6.07, 6.45) is 1.58. The number of rotatable bonds is 8. The van der Waals surface area contributed by atoms with Crippen molar-refractivity contribution in [3.63, 3.8) is 0 Å². The molecule has 0 bridgehead atoms. The maximum absolute atomic E-state index is 11.9. The van der Waals surface area contributed by atoms with Crippen LogP contribution >= 0.6 is 0 Å². The largest absolute Gasteiger partial charge is 0.489 e. The molecule has 0 aliphatic heterocycles. The summed E-state index contributed by atoms with van der Waals surface area (Å²) in [5, 5.41) is 3.97. The van der Waals surface area contributed by atoms with Crippen LogP contribution in [0.2, 0.25) is 0 Å². The maximum atomic E-state index is 11.9. The summed E-state index contributed by atoms with van der Waals surface area (Å²) in [4.78, 5) is 11.9. The molecule has 0 saturated carbocycles. The first-order chi connectivity index (χ1) is 14.1. The number of benzene rings is 3. The second-order valence-electron chi connectivity index (χ2n) is 6.69. The molecule has 1 amide bonds. The molecular weight excluding hydrogens is 364 g/mol. The quantitative estimate of drug-likeness (QED) is 0.459. The van der Waals surface area contributed by atoms with Gasteiger partial charge >= 0.3 is 0 Å². The zero-order valence-corrected chi connectivity index (χ0v) is 16.6. The number of aryl methyl sites for hydroxylation is 2. The Bertz CT molecular complexity index is 967. The zero-order chi connectivity index (χ0) is 20.5. The molecule has 0 unspecified atom stereocenters. The molecule has 148 valence electrons. The lowest BCUT2D eigenvalue weighted by Gasteiger charge is -2.08. The van der Waals surface area contributed by atoms with Gasteiger partial charge in [-0.15, -0.1) is 0 Å². The van der Waals surface area contributed by atoms with Gasteiger partial charge in [-0.2, -0.15) is 5.10 Å². The van der Waals surface area contributed by atoms with Crippen LogP contribution in [-0.4, -0.2) is 18.7 Å². The lowest BCUT2D eigenvalue weighted by atomic mass is 10.1. The molecule has 0 aromatic heterocycles. The van der Waals surface area contributed by atoms with E-state index in [1.807, 2.05) is 86.6 Å². The molecule has 3 aromatic rings. The van der Waals surface area contributed by atoms with E-state index in [-0.39, 0.29) is 12.5 Å². The maximum Gasteiger partial charge on any atom is 0.277 e. The van der Waals surface area contributed by atoms with Gasteiger partial charge in [0.1, 0.15) is 18.1 Å². The van der Waals surface area contributed by atoms with Crippen molar-refractivity contribution >= 4 is 12.1 Å². The molecule has 0 atom stereocenters. The van der Waals surface area contributed by atoms with Crippen molar-refractivity contribution in [3.8, 4) is 11.5 Å². The summed E-state index contributed by atoms with van der Waals surface area (Å²) < 4.78 is 11.3. The van der Waals surface area contributed by atoms with E-state index in [0.717, 1.165) is 28.0 Å². The van der Waals surface area contributed by atoms with Gasteiger partial charge in [-0.25, -0.2) is 5.43 Å². The molecule has 0 spiro atoms. The molecule has 0 aliphatic rings. The Labute approximate surface area is 171 Å². The first-order valence-corrected chi connectivity index (χ1v) is 9.39. The fourth-order valence-corrected chi connectivity index (χ4v) is 2.71. The van der Waals surface area contributed by atoms with Crippen molar-refractivity contribution in [2.45, 2.75) is 20.5 Å². The molecule has 0 saturated heterocycles. The highest BCUT2D eigenvalue weighted by Crippen LogP contribution is 2.18. The van der Waals surface area contributed by atoms with Crippen LogP contribution in [0, 0.1) is 13.8 Å². The van der Waals surface area contributed by atoms with Gasteiger partial charge in [-0.3, -0.25) is 4.79 Å². The predicted molar refractivity (Wildman–Crippen MR) is 114 cm³/mol. The summed E-state index contributed by atoms with van der Waals surface area (Å²) >= 11 is 0. The van der Waals surface area contributed by atoms with E-state index in [9.17, 15) is 4.79 Å². The number of nitrogens with zero attached hydrogens (tertiary/aromatic N) is 1. The molecule has 0 radical (unpaired) electrons. The van der Waals surface area contributed by atoms with Gasteiger partial charge in [0.2, 0.25) is 0 Å². The van der Waals surface area contributed by atoms with Gasteiger partial charge in [-0.1, -0.05) is 48.0 Å². The van der Waals surface area contributed by atoms with Crippen LogP contribution in [0.15, 0.2) is 77.9 Å². The molecule has 0 heterocycles. The highest BCUT2D eigenvalue weighted by Gasteiger charge is 2.04. The molecule has 3 aromatic carbocycles. The second kappa shape index (κ2) is 10.1. The van der Waals surface area contributed by atoms with Gasteiger partial charge < -0.3 is 9.47 Å². The second-order valence-corrected chi connectivity index (χ2v) is 6.69. The van der Waals surface area contributed by atoms with Crippen molar-refractivity contribution in [2.75, 3.05) is 6.61 Å². The number of hydrogen-bond donors (Lipinski definition) is 1. The number of amides is 1. The molecule has 29 heavy (non-hydrogen) atoms. The lowest BCUT2D eigenvalue weighted by molar-refractivity contribution is -0.123. The molecule has 5 heteroatoms. The lowest BCUT2D eigenvalue weighted by Crippen LogP contribution is -2.24. The van der Waals surface area contributed by atoms with Crippen molar-refractivity contribution < 1.29 is 14.3 Å². The summed E-state index contributed by atoms with van der Waals surface area (Å²) in [5.74, 6) is 1.15. The number of ether oxygens (including phenoxy) is 2. The van der Waals surface area contributed by atoms with E-state index in [2.05, 4.69) is 10.5 Å². The van der Waals surface area contributed by atoms with Crippen LogP contribution in [0.25, 0.3) is 0 Å². The third kappa shape index (κ3) is 6.50. The molecule has 0 fully saturated rings. The predicted octanol–water partition coefficient (Wildman–Crippen LogP) is 4.41. The van der Waals surface area contributed by atoms with E-state index < -0.39 is 0 Å². The number of carbonyl (C=O) groups is 1. The number of hydrazone groups is 1. The monoisotopic (exact) mass is 388 g/mol. The van der Waals surface area contributed by atoms with Crippen molar-refractivity contribution in [1.82, 2.24) is 5.43 Å². The number of nitrogens with one attached hydrogen (secondary N) is 1. The smallest absolute Gasteiger partial charge is 0.277 e. The normalized spacial score (nSPS) is 10.7. The van der Waals surface area contributed by atoms with Crippen LogP contribution in [0.5, 0.6) is 11.5 Å². The van der Waals surface area contributed by atoms with Crippen LogP contribution in [-0.2, 0) is 11.4 Å². The zero-order valence-electron chi connectivity index (χ0n) is 16.6. The third-order valence-corrected chi connectivity index (χ3v) is 4.22. The fraction of sp³-hybridized carbons (Fsp3) is 0.167. The first kappa shape index (κ1) is 20.1. The van der Waals surface area contributed by atoms with Gasteiger partial charge in [0.25, 0.3) is 5.91 Å². The average Bonchev–Trinajstić information content (AvgIpc) is 2.73. The van der Waals surface area contributed by atoms with Gasteiger partial charge in [0, 0.05) is 0 Å². The summed E-state index contributed by atoms with van der Waals surface area (Å²) in [6.45, 7) is 4.39. The third-order valence-electron chi connectivity index (χ3n) is 4.22. The van der Waals surface area contributed by atoms with Crippen molar-refractivity contribution in [2.24, 2.45) is 5.10 Å². The SMILES string of the molecule is Cc1ccc(OCC(=O)N/N=C/c2ccc(OCc3ccccc3)cc2)c(C)c1. The van der Waals surface area contributed by atoms with Crippen LogP contribution in [0.4, 0.5) is 0 Å². The van der Waals surface area contributed by atoms with Crippen molar-refractivity contribution in [3.05, 3.63) is 95.1 Å². The molecule has 5 nitrogen and oxygen atoms in total. The Balaban J connectivity index is 1.43. The topological polar surface area (TPSA) is 59.9 Å². The van der Waals surface area contributed by atoms with E-state index in [4.69, 9.17) is 9.47 Å². The van der Waals surface area contributed by atoms with Gasteiger partial charge in [-0.05, 0) is 60.9 Å². The van der Waals surface area contributed by atoms with E-state index in [1.165, 1.54) is 0 Å². The Hall–Kier alpha value is -3.60. The van der Waals surface area contributed by atoms with Crippen LogP contribution in [0.3, 0.4) is 0 Å². The number of carbonyl (C=O) groups excluding carboxylic acids is 1. The van der Waals surface area contributed by atoms with Crippen molar-refractivity contribution in [1.29, 1.82) is 0 Å². The van der Waals surface area contributed by atoms with E-state index in [1.54, 1.807) is 6.21 Å². The minimum atomic E-state index is -0.316. The Morgan fingerprint density at radius 2 is 1.72 bits per heavy atom. The van der Waals surface area contributed by atoms with E-state index >= 15 is 0 Å². The minimum absolute atomic E-state index is 0.0898. The average molecular weight is 388 g/mol. The molecule has 1 N–H and O–H groups in total. The highest BCUT2D eigenvalue weighted by molar-refractivity contribution is 5.83. The summed E-state index contributed by atoms with van der Waals surface area (Å²) in [6, 6.07) is 23.3. The number of hydrogen-bond acceptors (Lipinski definition) is 4. The Morgan fingerprint density at radius 1 is 0.966 bits per heavy atom. The van der Waals surface area contributed by atoms with E-state index in [0.29, 0.717) is 12.4 Å². The standard InChI is InChI=1S/C24H24N2O3/c1-18-8-13-23(19(2)14-18)29-17-24(27)26-25-15-20-9-11-22(12-10-20)28-16-21-6-4-3-5-7-21/h3-15H,16-17H2,1-2H3,(H,26,27)/b25-15+. The van der Waals surface area contributed by atoms with Gasteiger partial charge in [0.05, 0.1) is 6.21 Å². The van der Waals surface area contributed by atoms with Crippen LogP contribution in [0.1, 0.15) is 22.3 Å². The highest BCUT2D eigenvalue weighted by atomic mass is 16.5. The first-order valence-electron chi connectivity index (χ1n) is 9.39. The fourth-order valence-electron chi connectivity index (χ4n) is 2.71. The Morgan fingerprint density at radius 3 is 2.45 bits per heavy atom. The minimum Gasteiger partial charge on any atom is -0.489 e. The molecule has 3 rings (SSSR count). The molecule has 0 aliphatic carbocycles. The Kier molecular flexibility index (Phi) is 7.00. The summed E-state index contributed by atoms with van der Waals surface area (Å²) in [5.41, 5.74) is 6.59. The molecular formula is C24H24N2O3. The van der Waals surface area contributed by atoms with Gasteiger partial charge in [0.15, 0.2) is 6.61 Å². The van der Waals surface area contributed by atoms with Crippen LogP contribution < -0.4 is 14.9 Å².